The number of ether oxygens (including phenoxy) is 1. The lowest BCUT2D eigenvalue weighted by Crippen LogP contribution is -2.38. The van der Waals surface area contributed by atoms with Crippen molar-refractivity contribution in [2.75, 3.05) is 43.6 Å². The molecule has 1 heterocycles. The molecule has 19 heavy (non-hydrogen) atoms. The van der Waals surface area contributed by atoms with E-state index in [2.05, 4.69) is 15.5 Å². The molecule has 1 fully saturated rings. The first kappa shape index (κ1) is 13.8. The molecule has 0 aromatic heterocycles. The molecule has 1 unspecified atom stereocenters. The zero-order valence-electron chi connectivity index (χ0n) is 11.5. The molecule has 0 spiro atoms. The summed E-state index contributed by atoms with van der Waals surface area (Å²) in [5.74, 6) is -0.0248. The zero-order chi connectivity index (χ0) is 13.7. The molecule has 0 radical (unpaired) electrons. The maximum absolute atomic E-state index is 12.0. The summed E-state index contributed by atoms with van der Waals surface area (Å²) in [6.45, 7) is 5.01. The third kappa shape index (κ3) is 3.45. The second kappa shape index (κ2) is 6.54. The van der Waals surface area contributed by atoms with Gasteiger partial charge in [-0.1, -0.05) is 12.1 Å². The van der Waals surface area contributed by atoms with Gasteiger partial charge < -0.3 is 20.3 Å². The first-order valence-corrected chi connectivity index (χ1v) is 6.62. The lowest BCUT2D eigenvalue weighted by Gasteiger charge is -2.30. The molecule has 1 aliphatic rings. The van der Waals surface area contributed by atoms with Gasteiger partial charge in [-0.3, -0.25) is 4.79 Å². The van der Waals surface area contributed by atoms with E-state index in [1.807, 2.05) is 31.2 Å². The third-order valence-electron chi connectivity index (χ3n) is 3.34. The second-order valence-electron chi connectivity index (χ2n) is 4.62. The van der Waals surface area contributed by atoms with Gasteiger partial charge in [-0.15, -0.1) is 0 Å². The Morgan fingerprint density at radius 3 is 2.68 bits per heavy atom. The van der Waals surface area contributed by atoms with Gasteiger partial charge in [-0.05, 0) is 26.1 Å². The molecule has 5 heteroatoms. The molecule has 1 atom stereocenters. The normalized spacial score (nSPS) is 17.1. The van der Waals surface area contributed by atoms with Crippen molar-refractivity contribution >= 4 is 17.3 Å². The fraction of sp³-hybridized carbons (Fsp3) is 0.500. The Morgan fingerprint density at radius 1 is 1.32 bits per heavy atom. The summed E-state index contributed by atoms with van der Waals surface area (Å²) in [5, 5.41) is 5.91. The van der Waals surface area contributed by atoms with Gasteiger partial charge >= 0.3 is 0 Å². The van der Waals surface area contributed by atoms with Crippen molar-refractivity contribution in [3.8, 4) is 0 Å². The molecule has 1 aliphatic heterocycles. The van der Waals surface area contributed by atoms with Gasteiger partial charge in [0, 0.05) is 13.1 Å². The van der Waals surface area contributed by atoms with Crippen LogP contribution in [0.1, 0.15) is 6.92 Å². The van der Waals surface area contributed by atoms with Crippen LogP contribution in [-0.2, 0) is 9.53 Å². The lowest BCUT2D eigenvalue weighted by molar-refractivity contribution is -0.117. The highest BCUT2D eigenvalue weighted by atomic mass is 16.5. The number of amides is 1. The van der Waals surface area contributed by atoms with E-state index in [0.29, 0.717) is 0 Å². The van der Waals surface area contributed by atoms with E-state index in [0.717, 1.165) is 37.7 Å². The molecule has 1 aromatic rings. The number of carbonyl (C=O) groups excluding carboxylic acids is 1. The van der Waals surface area contributed by atoms with Gasteiger partial charge in [0.2, 0.25) is 5.91 Å². The van der Waals surface area contributed by atoms with Crippen molar-refractivity contribution in [3.05, 3.63) is 24.3 Å². The summed E-state index contributed by atoms with van der Waals surface area (Å²) in [7, 11) is 1.78. The Balaban J connectivity index is 2.13. The number of nitrogens with zero attached hydrogens (tertiary/aromatic N) is 1. The van der Waals surface area contributed by atoms with Crippen LogP contribution in [0.4, 0.5) is 11.4 Å². The van der Waals surface area contributed by atoms with Crippen molar-refractivity contribution in [2.45, 2.75) is 13.0 Å². The van der Waals surface area contributed by atoms with Crippen LogP contribution >= 0.6 is 0 Å². The average molecular weight is 263 g/mol. The maximum atomic E-state index is 12.0. The average Bonchev–Trinajstić information content (AvgIpc) is 2.47. The molecule has 1 saturated heterocycles. The van der Waals surface area contributed by atoms with E-state index in [9.17, 15) is 4.79 Å². The highest BCUT2D eigenvalue weighted by Gasteiger charge is 2.17. The van der Waals surface area contributed by atoms with Crippen molar-refractivity contribution in [3.63, 3.8) is 0 Å². The largest absolute Gasteiger partial charge is 0.378 e. The molecule has 0 bridgehead atoms. The summed E-state index contributed by atoms with van der Waals surface area (Å²) in [4.78, 5) is 14.2. The van der Waals surface area contributed by atoms with Crippen LogP contribution in [0.15, 0.2) is 24.3 Å². The smallest absolute Gasteiger partial charge is 0.241 e. The summed E-state index contributed by atoms with van der Waals surface area (Å²) in [6.07, 6.45) is 0. The standard InChI is InChI=1S/C14H21N3O2/c1-11(15-2)14(18)16-12-5-3-4-6-13(12)17-7-9-19-10-8-17/h3-6,11,15H,7-10H2,1-2H3,(H,16,18). The summed E-state index contributed by atoms with van der Waals surface area (Å²) in [6, 6.07) is 7.68. The number of rotatable bonds is 4. The molecular weight excluding hydrogens is 242 g/mol. The van der Waals surface area contributed by atoms with Crippen LogP contribution in [0.25, 0.3) is 0 Å². The fourth-order valence-electron chi connectivity index (χ4n) is 2.03. The molecule has 2 N–H and O–H groups in total. The summed E-state index contributed by atoms with van der Waals surface area (Å²) >= 11 is 0. The van der Waals surface area contributed by atoms with E-state index in [1.165, 1.54) is 0 Å². The highest BCUT2D eigenvalue weighted by molar-refractivity contribution is 5.97. The predicted octanol–water partition coefficient (Wildman–Crippen LogP) is 1.07. The zero-order valence-corrected chi connectivity index (χ0v) is 11.5. The van der Waals surface area contributed by atoms with Crippen LogP contribution < -0.4 is 15.5 Å². The number of hydrogen-bond donors (Lipinski definition) is 2. The molecular formula is C14H21N3O2. The number of likely N-dealkylation sites (N-methyl/N-ethyl adjacent to an activating group) is 1. The lowest BCUT2D eigenvalue weighted by atomic mass is 10.2. The third-order valence-corrected chi connectivity index (χ3v) is 3.34. The minimum absolute atomic E-state index is 0.0248. The minimum atomic E-state index is -0.210. The fourth-order valence-corrected chi connectivity index (χ4v) is 2.03. The van der Waals surface area contributed by atoms with Crippen molar-refractivity contribution in [2.24, 2.45) is 0 Å². The Labute approximate surface area is 113 Å². The van der Waals surface area contributed by atoms with Crippen molar-refractivity contribution < 1.29 is 9.53 Å². The van der Waals surface area contributed by atoms with E-state index in [-0.39, 0.29) is 11.9 Å². The van der Waals surface area contributed by atoms with Crippen LogP contribution in [0, 0.1) is 0 Å². The Bertz CT molecular complexity index is 430. The minimum Gasteiger partial charge on any atom is -0.378 e. The molecule has 0 saturated carbocycles. The summed E-state index contributed by atoms with van der Waals surface area (Å²) in [5.41, 5.74) is 1.92. The van der Waals surface area contributed by atoms with Gasteiger partial charge in [0.15, 0.2) is 0 Å². The predicted molar refractivity (Wildman–Crippen MR) is 76.6 cm³/mol. The van der Waals surface area contributed by atoms with Crippen LogP contribution in [0.5, 0.6) is 0 Å². The molecule has 1 aromatic carbocycles. The SMILES string of the molecule is CNC(C)C(=O)Nc1ccccc1N1CCOCC1. The van der Waals surface area contributed by atoms with Crippen molar-refractivity contribution in [1.82, 2.24) is 5.32 Å². The first-order valence-electron chi connectivity index (χ1n) is 6.62. The molecule has 104 valence electrons. The topological polar surface area (TPSA) is 53.6 Å². The highest BCUT2D eigenvalue weighted by Crippen LogP contribution is 2.26. The van der Waals surface area contributed by atoms with E-state index in [4.69, 9.17) is 4.74 Å². The number of carbonyl (C=O) groups is 1. The quantitative estimate of drug-likeness (QED) is 0.853. The molecule has 2 rings (SSSR count). The second-order valence-corrected chi connectivity index (χ2v) is 4.62. The van der Waals surface area contributed by atoms with Crippen LogP contribution in [-0.4, -0.2) is 45.3 Å². The van der Waals surface area contributed by atoms with E-state index in [1.54, 1.807) is 7.05 Å². The number of nitrogens with one attached hydrogen (secondary N) is 2. The monoisotopic (exact) mass is 263 g/mol. The maximum Gasteiger partial charge on any atom is 0.241 e. The van der Waals surface area contributed by atoms with Gasteiger partial charge in [0.1, 0.15) is 0 Å². The Morgan fingerprint density at radius 2 is 2.00 bits per heavy atom. The first-order chi connectivity index (χ1) is 9.22. The van der Waals surface area contributed by atoms with Gasteiger partial charge in [0.25, 0.3) is 0 Å². The molecule has 1 amide bonds. The molecule has 0 aliphatic carbocycles. The summed E-state index contributed by atoms with van der Waals surface area (Å²) < 4.78 is 5.36. The number of morpholine rings is 1. The van der Waals surface area contributed by atoms with Gasteiger partial charge in [-0.2, -0.15) is 0 Å². The van der Waals surface area contributed by atoms with Gasteiger partial charge in [-0.25, -0.2) is 0 Å². The number of hydrogen-bond acceptors (Lipinski definition) is 4. The number of para-hydroxylation sites is 2. The van der Waals surface area contributed by atoms with E-state index >= 15 is 0 Å². The van der Waals surface area contributed by atoms with Crippen LogP contribution in [0.3, 0.4) is 0 Å². The number of benzene rings is 1. The number of anilines is 2. The van der Waals surface area contributed by atoms with Crippen LogP contribution in [0.2, 0.25) is 0 Å². The van der Waals surface area contributed by atoms with Gasteiger partial charge in [0.05, 0.1) is 30.6 Å². The Hall–Kier alpha value is -1.59. The Kier molecular flexibility index (Phi) is 4.76. The van der Waals surface area contributed by atoms with Crippen molar-refractivity contribution in [1.29, 1.82) is 0 Å². The van der Waals surface area contributed by atoms with E-state index < -0.39 is 0 Å². The molecule has 5 nitrogen and oxygen atoms in total.